The Morgan fingerprint density at radius 1 is 1.30 bits per heavy atom. The summed E-state index contributed by atoms with van der Waals surface area (Å²) in [7, 11) is -3.77. The molecule has 0 spiro atoms. The molecule has 1 saturated heterocycles. The van der Waals surface area contributed by atoms with E-state index in [0.29, 0.717) is 25.1 Å². The van der Waals surface area contributed by atoms with Gasteiger partial charge in [0.1, 0.15) is 10.6 Å². The number of ether oxygens (including phenoxy) is 1. The fourth-order valence-corrected chi connectivity index (χ4v) is 4.84. The van der Waals surface area contributed by atoms with Crippen LogP contribution in [0.15, 0.2) is 9.42 Å². The standard InChI is InChI=1S/C16H26N4O6S/c1-4-25-16(22)18-8-7-17-15(21)13-6-5-9-20(10-13)27(23,24)14-11(2)19-26-12(14)3/h13H,4-10H2,1-3H3,(H,17,21)(H,18,22). The lowest BCUT2D eigenvalue weighted by molar-refractivity contribution is -0.126. The fourth-order valence-electron chi connectivity index (χ4n) is 3.02. The molecule has 0 radical (unpaired) electrons. The first kappa shape index (κ1) is 21.2. The number of sulfonamides is 1. The number of nitrogens with one attached hydrogen (secondary N) is 2. The number of hydrogen-bond acceptors (Lipinski definition) is 7. The lowest BCUT2D eigenvalue weighted by atomic mass is 9.99. The summed E-state index contributed by atoms with van der Waals surface area (Å²) in [5.41, 5.74) is 0.309. The van der Waals surface area contributed by atoms with Gasteiger partial charge in [-0.05, 0) is 33.6 Å². The van der Waals surface area contributed by atoms with Crippen LogP contribution in [0, 0.1) is 19.8 Å². The zero-order valence-corrected chi connectivity index (χ0v) is 16.6. The van der Waals surface area contributed by atoms with Crippen molar-refractivity contribution in [1.29, 1.82) is 0 Å². The Bertz CT molecular complexity index is 756. The molecule has 0 aliphatic carbocycles. The number of amides is 2. The van der Waals surface area contributed by atoms with Gasteiger partial charge in [-0.3, -0.25) is 4.79 Å². The van der Waals surface area contributed by atoms with Crippen molar-refractivity contribution < 1.29 is 27.3 Å². The number of carbonyl (C=O) groups is 2. The van der Waals surface area contributed by atoms with Gasteiger partial charge >= 0.3 is 6.09 Å². The monoisotopic (exact) mass is 402 g/mol. The molecule has 2 rings (SSSR count). The minimum absolute atomic E-state index is 0.0715. The first-order valence-corrected chi connectivity index (χ1v) is 10.3. The minimum Gasteiger partial charge on any atom is -0.450 e. The van der Waals surface area contributed by atoms with Crippen LogP contribution in [0.3, 0.4) is 0 Å². The first-order chi connectivity index (χ1) is 12.8. The van der Waals surface area contributed by atoms with E-state index >= 15 is 0 Å². The predicted octanol–water partition coefficient (Wildman–Crippen LogP) is 0.554. The molecule has 1 aliphatic rings. The van der Waals surface area contributed by atoms with Crippen LogP contribution in [0.2, 0.25) is 0 Å². The van der Waals surface area contributed by atoms with Crippen LogP contribution in [0.25, 0.3) is 0 Å². The normalized spacial score (nSPS) is 18.1. The summed E-state index contributed by atoms with van der Waals surface area (Å²) in [6.07, 6.45) is 0.646. The SMILES string of the molecule is CCOC(=O)NCCNC(=O)C1CCCN(S(=O)(=O)c2c(C)noc2C)C1. The molecule has 1 aromatic rings. The number of aryl methyl sites for hydroxylation is 2. The summed E-state index contributed by atoms with van der Waals surface area (Å²) in [5.74, 6) is -0.444. The Morgan fingerprint density at radius 2 is 2.00 bits per heavy atom. The Balaban J connectivity index is 1.91. The molecule has 1 aliphatic heterocycles. The molecule has 152 valence electrons. The van der Waals surface area contributed by atoms with Gasteiger partial charge in [0.15, 0.2) is 5.76 Å². The van der Waals surface area contributed by atoms with Crippen molar-refractivity contribution in [2.24, 2.45) is 5.92 Å². The van der Waals surface area contributed by atoms with E-state index in [0.717, 1.165) is 0 Å². The molecule has 10 nitrogen and oxygen atoms in total. The fraction of sp³-hybridized carbons (Fsp3) is 0.688. The highest BCUT2D eigenvalue weighted by Crippen LogP contribution is 2.27. The predicted molar refractivity (Wildman–Crippen MR) is 95.5 cm³/mol. The van der Waals surface area contributed by atoms with E-state index < -0.39 is 22.0 Å². The molecule has 0 bridgehead atoms. The van der Waals surface area contributed by atoms with Crippen molar-refractivity contribution in [1.82, 2.24) is 20.1 Å². The van der Waals surface area contributed by atoms with Gasteiger partial charge in [-0.1, -0.05) is 5.16 Å². The molecular weight excluding hydrogens is 376 g/mol. The van der Waals surface area contributed by atoms with Gasteiger partial charge in [0, 0.05) is 26.2 Å². The van der Waals surface area contributed by atoms with E-state index in [4.69, 9.17) is 9.26 Å². The zero-order valence-electron chi connectivity index (χ0n) is 15.8. The summed E-state index contributed by atoms with van der Waals surface area (Å²) in [4.78, 5) is 23.6. The number of nitrogens with zero attached hydrogens (tertiary/aromatic N) is 2. The van der Waals surface area contributed by atoms with Crippen LogP contribution < -0.4 is 10.6 Å². The summed E-state index contributed by atoms with van der Waals surface area (Å²) in [5, 5.41) is 8.93. The van der Waals surface area contributed by atoms with Crippen LogP contribution >= 0.6 is 0 Å². The largest absolute Gasteiger partial charge is 0.450 e. The second kappa shape index (κ2) is 9.18. The average Bonchev–Trinajstić information content (AvgIpc) is 2.98. The van der Waals surface area contributed by atoms with Gasteiger partial charge < -0.3 is 19.9 Å². The third-order valence-electron chi connectivity index (χ3n) is 4.29. The number of alkyl carbamates (subject to hydrolysis) is 1. The number of hydrogen-bond donors (Lipinski definition) is 2. The second-order valence-corrected chi connectivity index (χ2v) is 8.17. The van der Waals surface area contributed by atoms with Crippen molar-refractivity contribution in [2.75, 3.05) is 32.8 Å². The van der Waals surface area contributed by atoms with E-state index in [1.807, 2.05) is 0 Å². The molecule has 1 atom stereocenters. The van der Waals surface area contributed by atoms with Crippen molar-refractivity contribution in [3.05, 3.63) is 11.5 Å². The van der Waals surface area contributed by atoms with Crippen molar-refractivity contribution in [3.63, 3.8) is 0 Å². The molecule has 1 unspecified atom stereocenters. The third-order valence-corrected chi connectivity index (χ3v) is 6.40. The Morgan fingerprint density at radius 3 is 2.63 bits per heavy atom. The highest BCUT2D eigenvalue weighted by atomic mass is 32.2. The van der Waals surface area contributed by atoms with Crippen LogP contribution in [0.4, 0.5) is 4.79 Å². The van der Waals surface area contributed by atoms with Crippen LogP contribution in [-0.2, 0) is 19.6 Å². The maximum atomic E-state index is 12.9. The maximum Gasteiger partial charge on any atom is 0.407 e. The number of piperidine rings is 1. The zero-order chi connectivity index (χ0) is 20.0. The second-order valence-electron chi connectivity index (χ2n) is 6.29. The highest BCUT2D eigenvalue weighted by Gasteiger charge is 2.36. The van der Waals surface area contributed by atoms with Gasteiger partial charge in [0.2, 0.25) is 15.9 Å². The maximum absolute atomic E-state index is 12.9. The van der Waals surface area contributed by atoms with Crippen LogP contribution in [0.1, 0.15) is 31.2 Å². The van der Waals surface area contributed by atoms with Gasteiger partial charge in [0.25, 0.3) is 0 Å². The number of aromatic nitrogens is 1. The van der Waals surface area contributed by atoms with E-state index in [2.05, 4.69) is 15.8 Å². The first-order valence-electron chi connectivity index (χ1n) is 8.88. The Kier molecular flexibility index (Phi) is 7.19. The van der Waals surface area contributed by atoms with E-state index in [9.17, 15) is 18.0 Å². The smallest absolute Gasteiger partial charge is 0.407 e. The molecule has 2 amide bonds. The van der Waals surface area contributed by atoms with Gasteiger partial charge in [-0.2, -0.15) is 4.31 Å². The molecule has 0 saturated carbocycles. The van der Waals surface area contributed by atoms with Crippen LogP contribution in [0.5, 0.6) is 0 Å². The van der Waals surface area contributed by atoms with E-state index in [1.54, 1.807) is 20.8 Å². The molecule has 1 aromatic heterocycles. The number of carbonyl (C=O) groups excluding carboxylic acids is 2. The molecule has 1 fully saturated rings. The van der Waals surface area contributed by atoms with E-state index in [-0.39, 0.29) is 42.8 Å². The molecule has 11 heteroatoms. The topological polar surface area (TPSA) is 131 Å². The minimum atomic E-state index is -3.77. The number of rotatable bonds is 7. The molecule has 27 heavy (non-hydrogen) atoms. The lowest BCUT2D eigenvalue weighted by Crippen LogP contribution is -2.46. The quantitative estimate of drug-likeness (QED) is 0.637. The summed E-state index contributed by atoms with van der Waals surface area (Å²) in [6.45, 7) is 6.03. The van der Waals surface area contributed by atoms with Gasteiger partial charge in [-0.15, -0.1) is 0 Å². The van der Waals surface area contributed by atoms with Crippen molar-refractivity contribution in [2.45, 2.75) is 38.5 Å². The van der Waals surface area contributed by atoms with Gasteiger partial charge in [-0.25, -0.2) is 13.2 Å². The highest BCUT2D eigenvalue weighted by molar-refractivity contribution is 7.89. The molecule has 2 heterocycles. The van der Waals surface area contributed by atoms with Crippen LogP contribution in [-0.4, -0.2) is 62.7 Å². The molecule has 0 aromatic carbocycles. The van der Waals surface area contributed by atoms with Crippen molar-refractivity contribution >= 4 is 22.0 Å². The summed E-state index contributed by atoms with van der Waals surface area (Å²) in [6, 6.07) is 0. The summed E-state index contributed by atoms with van der Waals surface area (Å²) < 4.78 is 36.8. The van der Waals surface area contributed by atoms with Gasteiger partial charge in [0.05, 0.1) is 12.5 Å². The Labute approximate surface area is 158 Å². The Hall–Kier alpha value is -2.14. The lowest BCUT2D eigenvalue weighted by Gasteiger charge is -2.31. The van der Waals surface area contributed by atoms with Crippen molar-refractivity contribution in [3.8, 4) is 0 Å². The average molecular weight is 402 g/mol. The molecular formula is C16H26N4O6S. The summed E-state index contributed by atoms with van der Waals surface area (Å²) >= 11 is 0. The third kappa shape index (κ3) is 5.19. The van der Waals surface area contributed by atoms with E-state index in [1.165, 1.54) is 4.31 Å². The molecule has 2 N–H and O–H groups in total.